The minimum atomic E-state index is 0.866. The number of piperazine rings is 1. The number of guanidine groups is 1. The molecular weight excluding hydrogens is 372 g/mol. The molecule has 3 aliphatic rings. The van der Waals surface area contributed by atoms with Crippen molar-refractivity contribution in [1.82, 2.24) is 14.1 Å². The van der Waals surface area contributed by atoms with Crippen LogP contribution in [-0.4, -0.2) is 65.4 Å². The lowest BCUT2D eigenvalue weighted by Crippen LogP contribution is -2.55. The highest BCUT2D eigenvalue weighted by Gasteiger charge is 2.31. The van der Waals surface area contributed by atoms with Gasteiger partial charge in [-0.2, -0.15) is 11.3 Å². The maximum absolute atomic E-state index is 4.83. The first-order chi connectivity index (χ1) is 13.4. The molecule has 2 aromatic rings. The van der Waals surface area contributed by atoms with Gasteiger partial charge in [-0.05, 0) is 64.9 Å². The molecule has 1 saturated carbocycles. The molecule has 2 fully saturated rings. The number of benzene rings is 1. The van der Waals surface area contributed by atoms with Gasteiger partial charge in [0.2, 0.25) is 5.96 Å². The Morgan fingerprint density at radius 3 is 2.41 bits per heavy atom. The van der Waals surface area contributed by atoms with E-state index in [9.17, 15) is 0 Å². The molecule has 4 nitrogen and oxygen atoms in total. The van der Waals surface area contributed by atoms with Crippen LogP contribution in [0.4, 0.5) is 0 Å². The van der Waals surface area contributed by atoms with Gasteiger partial charge < -0.3 is 4.90 Å². The number of thiophene rings is 1. The SMILES string of the molecule is c1cc(-c2ccc(SN3CCN=C3N3CCN(C4CCC4)CC3)cc2)cs1. The quantitative estimate of drug-likeness (QED) is 0.718. The van der Waals surface area contributed by atoms with E-state index in [0.29, 0.717) is 0 Å². The zero-order valence-electron chi connectivity index (χ0n) is 15.6. The fourth-order valence-electron chi connectivity index (χ4n) is 4.07. The first kappa shape index (κ1) is 17.6. The summed E-state index contributed by atoms with van der Waals surface area (Å²) < 4.78 is 2.39. The lowest BCUT2D eigenvalue weighted by Gasteiger charge is -2.44. The van der Waals surface area contributed by atoms with Gasteiger partial charge in [0.25, 0.3) is 0 Å². The summed E-state index contributed by atoms with van der Waals surface area (Å²) in [5, 5.41) is 4.34. The highest BCUT2D eigenvalue weighted by atomic mass is 32.2. The molecular formula is C21H26N4S2. The summed E-state index contributed by atoms with van der Waals surface area (Å²) in [5.41, 5.74) is 2.60. The number of nitrogens with zero attached hydrogens (tertiary/aromatic N) is 4. The van der Waals surface area contributed by atoms with Crippen molar-refractivity contribution in [2.24, 2.45) is 4.99 Å². The fourth-order valence-corrected chi connectivity index (χ4v) is 5.67. The van der Waals surface area contributed by atoms with Crippen molar-refractivity contribution in [2.75, 3.05) is 39.3 Å². The Hall–Kier alpha value is -1.50. The van der Waals surface area contributed by atoms with Gasteiger partial charge in [0.05, 0.1) is 13.1 Å². The van der Waals surface area contributed by atoms with Crippen LogP contribution in [0, 0.1) is 0 Å². The highest BCUT2D eigenvalue weighted by Crippen LogP contribution is 2.30. The number of rotatable bonds is 4. The van der Waals surface area contributed by atoms with Gasteiger partial charge in [-0.15, -0.1) is 0 Å². The zero-order chi connectivity index (χ0) is 18.1. The predicted molar refractivity (Wildman–Crippen MR) is 115 cm³/mol. The van der Waals surface area contributed by atoms with E-state index in [-0.39, 0.29) is 0 Å². The molecule has 0 atom stereocenters. The van der Waals surface area contributed by atoms with Gasteiger partial charge in [0, 0.05) is 37.1 Å². The maximum atomic E-state index is 4.83. The Balaban J connectivity index is 1.20. The summed E-state index contributed by atoms with van der Waals surface area (Å²) in [5.74, 6) is 1.19. The van der Waals surface area contributed by atoms with Gasteiger partial charge in [-0.25, -0.2) is 0 Å². The van der Waals surface area contributed by atoms with E-state index in [0.717, 1.165) is 32.2 Å². The van der Waals surface area contributed by atoms with Gasteiger partial charge in [0.15, 0.2) is 0 Å². The third-order valence-electron chi connectivity index (χ3n) is 5.89. The molecule has 0 amide bonds. The molecule has 3 heterocycles. The number of hydrogen-bond donors (Lipinski definition) is 0. The second-order valence-electron chi connectivity index (χ2n) is 7.52. The largest absolute Gasteiger partial charge is 0.340 e. The molecule has 0 unspecified atom stereocenters. The molecule has 142 valence electrons. The Morgan fingerprint density at radius 2 is 1.74 bits per heavy atom. The molecule has 0 N–H and O–H groups in total. The minimum Gasteiger partial charge on any atom is -0.340 e. The zero-order valence-corrected chi connectivity index (χ0v) is 17.2. The Morgan fingerprint density at radius 1 is 0.926 bits per heavy atom. The monoisotopic (exact) mass is 398 g/mol. The number of aliphatic imine (C=N–C) groups is 1. The molecule has 5 rings (SSSR count). The molecule has 1 aromatic heterocycles. The minimum absolute atomic E-state index is 0.866. The van der Waals surface area contributed by atoms with E-state index in [1.165, 1.54) is 54.3 Å². The molecule has 27 heavy (non-hydrogen) atoms. The predicted octanol–water partition coefficient (Wildman–Crippen LogP) is 4.26. The van der Waals surface area contributed by atoms with Gasteiger partial charge in [-0.1, -0.05) is 18.6 Å². The molecule has 0 radical (unpaired) electrons. The topological polar surface area (TPSA) is 22.1 Å². The lowest BCUT2D eigenvalue weighted by atomic mass is 9.91. The van der Waals surface area contributed by atoms with Crippen molar-refractivity contribution >= 4 is 29.2 Å². The van der Waals surface area contributed by atoms with E-state index in [4.69, 9.17) is 4.99 Å². The summed E-state index contributed by atoms with van der Waals surface area (Å²) in [4.78, 5) is 11.3. The van der Waals surface area contributed by atoms with Gasteiger partial charge in [0.1, 0.15) is 0 Å². The van der Waals surface area contributed by atoms with Crippen LogP contribution < -0.4 is 0 Å². The van der Waals surface area contributed by atoms with Crippen molar-refractivity contribution in [3.8, 4) is 11.1 Å². The van der Waals surface area contributed by atoms with Crippen molar-refractivity contribution in [2.45, 2.75) is 30.2 Å². The summed E-state index contributed by atoms with van der Waals surface area (Å²) in [7, 11) is 0. The van der Waals surface area contributed by atoms with Crippen LogP contribution in [0.1, 0.15) is 19.3 Å². The summed E-state index contributed by atoms with van der Waals surface area (Å²) >= 11 is 3.58. The van der Waals surface area contributed by atoms with Gasteiger partial charge in [-0.3, -0.25) is 14.2 Å². The average Bonchev–Trinajstić information content (AvgIpc) is 3.34. The van der Waals surface area contributed by atoms with Crippen LogP contribution in [0.15, 0.2) is 51.0 Å². The van der Waals surface area contributed by atoms with Gasteiger partial charge >= 0.3 is 0 Å². The first-order valence-corrected chi connectivity index (χ1v) is 11.7. The average molecular weight is 399 g/mol. The molecule has 1 saturated heterocycles. The van der Waals surface area contributed by atoms with Crippen LogP contribution in [0.5, 0.6) is 0 Å². The standard InChI is InChI=1S/C21H26N4S2/c1-2-19(3-1)23-11-13-24(14-12-23)21-22-9-10-25(21)27-20-6-4-17(5-7-20)18-8-15-26-16-18/h4-8,15-16,19H,1-3,9-14H2. The van der Waals surface area contributed by atoms with E-state index < -0.39 is 0 Å². The number of hydrogen-bond acceptors (Lipinski definition) is 6. The molecule has 0 bridgehead atoms. The summed E-state index contributed by atoms with van der Waals surface area (Å²) in [6.07, 6.45) is 4.24. The van der Waals surface area contributed by atoms with Crippen LogP contribution in [0.25, 0.3) is 11.1 Å². The summed E-state index contributed by atoms with van der Waals surface area (Å²) in [6, 6.07) is 12.0. The van der Waals surface area contributed by atoms with Crippen molar-refractivity contribution in [3.63, 3.8) is 0 Å². The molecule has 1 aromatic carbocycles. The van der Waals surface area contributed by atoms with Crippen LogP contribution in [0.2, 0.25) is 0 Å². The second-order valence-corrected chi connectivity index (χ2v) is 9.39. The van der Waals surface area contributed by atoms with E-state index >= 15 is 0 Å². The van der Waals surface area contributed by atoms with Crippen molar-refractivity contribution in [1.29, 1.82) is 0 Å². The van der Waals surface area contributed by atoms with E-state index in [2.05, 4.69) is 55.2 Å². The Bertz CT molecular complexity index is 775. The fraction of sp³-hybridized carbons (Fsp3) is 0.476. The Labute approximate surface area is 170 Å². The Kier molecular flexibility index (Phi) is 5.12. The lowest BCUT2D eigenvalue weighted by molar-refractivity contribution is 0.0835. The van der Waals surface area contributed by atoms with E-state index in [1.54, 1.807) is 11.3 Å². The van der Waals surface area contributed by atoms with Crippen molar-refractivity contribution in [3.05, 3.63) is 41.1 Å². The molecule has 0 spiro atoms. The third kappa shape index (κ3) is 3.75. The maximum Gasteiger partial charge on any atom is 0.207 e. The van der Waals surface area contributed by atoms with Crippen LogP contribution in [-0.2, 0) is 0 Å². The third-order valence-corrected chi connectivity index (χ3v) is 7.62. The summed E-state index contributed by atoms with van der Waals surface area (Å²) in [6.45, 7) is 6.54. The second kappa shape index (κ2) is 7.86. The van der Waals surface area contributed by atoms with Crippen molar-refractivity contribution < 1.29 is 0 Å². The molecule has 2 aliphatic heterocycles. The van der Waals surface area contributed by atoms with E-state index in [1.807, 2.05) is 11.9 Å². The van der Waals surface area contributed by atoms with Crippen LogP contribution >= 0.6 is 23.3 Å². The molecule has 1 aliphatic carbocycles. The highest BCUT2D eigenvalue weighted by molar-refractivity contribution is 7.97. The molecule has 6 heteroatoms. The smallest absolute Gasteiger partial charge is 0.207 e. The normalized spacial score (nSPS) is 21.4. The van der Waals surface area contributed by atoms with Crippen LogP contribution in [0.3, 0.4) is 0 Å². The first-order valence-electron chi connectivity index (χ1n) is 9.98.